The summed E-state index contributed by atoms with van der Waals surface area (Å²) < 4.78 is 9.71. The lowest BCUT2D eigenvalue weighted by Gasteiger charge is -2.61. The van der Waals surface area contributed by atoms with Crippen LogP contribution in [-0.2, 0) is 23.5 Å². The molecular formula is C27H31BrN6O4. The first-order valence-corrected chi connectivity index (χ1v) is 14.0. The second-order valence-corrected chi connectivity index (χ2v) is 12.3. The molecule has 1 amide bonds. The fourth-order valence-corrected chi connectivity index (χ4v) is 8.01. The number of aryl methyl sites for hydroxylation is 1. The summed E-state index contributed by atoms with van der Waals surface area (Å²) in [5.41, 5.74) is 1.51. The molecule has 200 valence electrons. The highest BCUT2D eigenvalue weighted by Gasteiger charge is 2.60. The zero-order valence-electron chi connectivity index (χ0n) is 21.3. The normalized spacial score (nSPS) is 27.4. The number of hydrogen-bond donors (Lipinski definition) is 1. The fourth-order valence-electron chi connectivity index (χ4n) is 7.59. The van der Waals surface area contributed by atoms with Crippen LogP contribution < -0.4 is 10.1 Å². The van der Waals surface area contributed by atoms with E-state index in [1.807, 2.05) is 28.9 Å². The van der Waals surface area contributed by atoms with Crippen molar-refractivity contribution < 1.29 is 14.5 Å². The maximum absolute atomic E-state index is 13.2. The number of carbonyl (C=O) groups is 1. The van der Waals surface area contributed by atoms with Crippen LogP contribution >= 0.6 is 15.9 Å². The molecule has 7 rings (SSSR count). The quantitative estimate of drug-likeness (QED) is 0.256. The Kier molecular flexibility index (Phi) is 6.28. The van der Waals surface area contributed by atoms with E-state index in [0.717, 1.165) is 44.3 Å². The topological polar surface area (TPSA) is 117 Å². The lowest BCUT2D eigenvalue weighted by atomic mass is 9.46. The predicted molar refractivity (Wildman–Crippen MR) is 144 cm³/mol. The fraction of sp³-hybridized carbons (Fsp3) is 0.519. The Balaban J connectivity index is 1.11. The third kappa shape index (κ3) is 4.72. The molecule has 0 aliphatic heterocycles. The first kappa shape index (κ1) is 25.1. The highest BCUT2D eigenvalue weighted by molar-refractivity contribution is 9.10. The maximum atomic E-state index is 13.2. The Morgan fingerprint density at radius 1 is 1.21 bits per heavy atom. The third-order valence-electron chi connectivity index (χ3n) is 8.61. The van der Waals surface area contributed by atoms with E-state index < -0.39 is 4.92 Å². The first-order valence-electron chi connectivity index (χ1n) is 13.2. The summed E-state index contributed by atoms with van der Waals surface area (Å²) >= 11 is 3.31. The van der Waals surface area contributed by atoms with E-state index in [-0.39, 0.29) is 29.4 Å². The molecule has 3 aromatic rings. The van der Waals surface area contributed by atoms with E-state index in [9.17, 15) is 14.9 Å². The Labute approximate surface area is 229 Å². The van der Waals surface area contributed by atoms with Crippen LogP contribution in [0.25, 0.3) is 0 Å². The van der Waals surface area contributed by atoms with Crippen molar-refractivity contribution in [2.45, 2.75) is 70.6 Å². The number of nitrogens with one attached hydrogen (secondary N) is 1. The van der Waals surface area contributed by atoms with Crippen molar-refractivity contribution in [1.29, 1.82) is 0 Å². The van der Waals surface area contributed by atoms with Crippen LogP contribution in [0.5, 0.6) is 5.75 Å². The molecule has 4 aliphatic rings. The van der Waals surface area contributed by atoms with Gasteiger partial charge in [-0.3, -0.25) is 4.79 Å². The zero-order valence-corrected chi connectivity index (χ0v) is 22.9. The van der Waals surface area contributed by atoms with Crippen LogP contribution in [0.4, 0.5) is 11.5 Å². The third-order valence-corrected chi connectivity index (χ3v) is 9.17. The average Bonchev–Trinajstić information content (AvgIpc) is 3.48. The number of anilines is 1. The molecule has 4 fully saturated rings. The number of benzene rings is 1. The zero-order chi connectivity index (χ0) is 26.5. The average molecular weight is 583 g/mol. The minimum Gasteiger partial charge on any atom is -0.471 e. The van der Waals surface area contributed by atoms with Gasteiger partial charge >= 0.3 is 5.82 Å². The van der Waals surface area contributed by atoms with Gasteiger partial charge in [0.25, 0.3) is 0 Å². The van der Waals surface area contributed by atoms with Gasteiger partial charge in [-0.15, -0.1) is 0 Å². The standard InChI is InChI=1S/C27H31BrN6O4/c1-2-18-3-5-22(6-4-18)38-17-32-14-21(13-29-32)30-24(35)12-26-8-19-7-20(9-26)11-27(10-19,16-26)33-15-23(28)25(31-33)34(36)37/h3-6,13-15,19-20H,2,7-12,16-17H2,1H3,(H,30,35). The lowest BCUT2D eigenvalue weighted by molar-refractivity contribution is -0.390. The number of nitro groups is 1. The molecule has 4 bridgehead atoms. The SMILES string of the molecule is CCc1ccc(OCn2cc(NC(=O)CC34CC5CC(C3)CC(n3cc(Br)c([N+](=O)[O-])n3)(C5)C4)cn2)cc1. The molecule has 2 aromatic heterocycles. The molecule has 0 spiro atoms. The maximum Gasteiger partial charge on any atom is 0.404 e. The largest absolute Gasteiger partial charge is 0.471 e. The molecule has 2 atom stereocenters. The van der Waals surface area contributed by atoms with Gasteiger partial charge < -0.3 is 20.2 Å². The van der Waals surface area contributed by atoms with Gasteiger partial charge in [0.05, 0.1) is 34.9 Å². The van der Waals surface area contributed by atoms with Crippen molar-refractivity contribution in [1.82, 2.24) is 19.6 Å². The smallest absolute Gasteiger partial charge is 0.404 e. The monoisotopic (exact) mass is 582 g/mol. The lowest BCUT2D eigenvalue weighted by Crippen LogP contribution is -2.57. The van der Waals surface area contributed by atoms with Crippen LogP contribution in [-0.4, -0.2) is 30.4 Å². The first-order chi connectivity index (χ1) is 18.2. The number of ether oxygens (including phenoxy) is 1. The van der Waals surface area contributed by atoms with Crippen molar-refractivity contribution in [3.8, 4) is 5.75 Å². The van der Waals surface area contributed by atoms with E-state index in [1.54, 1.807) is 23.3 Å². The predicted octanol–water partition coefficient (Wildman–Crippen LogP) is 5.67. The van der Waals surface area contributed by atoms with Crippen LogP contribution in [0, 0.1) is 27.4 Å². The molecule has 4 saturated carbocycles. The van der Waals surface area contributed by atoms with E-state index in [4.69, 9.17) is 4.74 Å². The highest BCUT2D eigenvalue weighted by atomic mass is 79.9. The van der Waals surface area contributed by atoms with Crippen molar-refractivity contribution in [3.63, 3.8) is 0 Å². The molecule has 11 heteroatoms. The number of amides is 1. The molecule has 2 unspecified atom stereocenters. The Hall–Kier alpha value is -3.21. The van der Waals surface area contributed by atoms with E-state index in [0.29, 0.717) is 28.4 Å². The van der Waals surface area contributed by atoms with Crippen LogP contribution in [0.2, 0.25) is 0 Å². The van der Waals surface area contributed by atoms with Gasteiger partial charge in [0.1, 0.15) is 10.2 Å². The molecule has 2 heterocycles. The minimum atomic E-state index is -0.447. The molecule has 1 N–H and O–H groups in total. The molecular weight excluding hydrogens is 552 g/mol. The van der Waals surface area contributed by atoms with E-state index in [2.05, 4.69) is 38.4 Å². The number of aromatic nitrogens is 4. The number of carbonyl (C=O) groups excluding carboxylic acids is 1. The van der Waals surface area contributed by atoms with Gasteiger partial charge in [-0.1, -0.05) is 19.1 Å². The number of halogens is 1. The Bertz CT molecular complexity index is 1350. The minimum absolute atomic E-state index is 0.0228. The summed E-state index contributed by atoms with van der Waals surface area (Å²) in [4.78, 5) is 24.2. The van der Waals surface area contributed by atoms with Crippen molar-refractivity contribution in [2.24, 2.45) is 17.3 Å². The number of hydrogen-bond acceptors (Lipinski definition) is 6. The van der Waals surface area contributed by atoms with Gasteiger partial charge in [-0.25, -0.2) is 4.68 Å². The van der Waals surface area contributed by atoms with Crippen molar-refractivity contribution in [2.75, 3.05) is 5.32 Å². The van der Waals surface area contributed by atoms with Crippen LogP contribution in [0.3, 0.4) is 0 Å². The van der Waals surface area contributed by atoms with Crippen LogP contribution in [0.1, 0.15) is 57.4 Å². The summed E-state index contributed by atoms with van der Waals surface area (Å²) in [6.07, 6.45) is 12.5. The van der Waals surface area contributed by atoms with Gasteiger partial charge in [0.15, 0.2) is 6.73 Å². The van der Waals surface area contributed by atoms with Gasteiger partial charge in [0.2, 0.25) is 5.91 Å². The summed E-state index contributed by atoms with van der Waals surface area (Å²) in [5.74, 6) is 1.63. The summed E-state index contributed by atoms with van der Waals surface area (Å²) in [5, 5.41) is 23.2. The molecule has 0 saturated heterocycles. The summed E-state index contributed by atoms with van der Waals surface area (Å²) in [6, 6.07) is 7.99. The number of nitrogens with zero attached hydrogens (tertiary/aromatic N) is 5. The Morgan fingerprint density at radius 2 is 1.95 bits per heavy atom. The second-order valence-electron chi connectivity index (χ2n) is 11.5. The van der Waals surface area contributed by atoms with Crippen molar-refractivity contribution in [3.05, 3.63) is 63.0 Å². The van der Waals surface area contributed by atoms with Gasteiger partial charge in [-0.05, 0) is 101 Å². The Morgan fingerprint density at radius 3 is 2.61 bits per heavy atom. The van der Waals surface area contributed by atoms with E-state index in [1.165, 1.54) is 12.0 Å². The molecule has 4 aliphatic carbocycles. The number of rotatable bonds is 9. The highest BCUT2D eigenvalue weighted by Crippen LogP contribution is 2.65. The summed E-state index contributed by atoms with van der Waals surface area (Å²) in [7, 11) is 0. The molecule has 10 nitrogen and oxygen atoms in total. The molecule has 0 radical (unpaired) electrons. The van der Waals surface area contributed by atoms with Gasteiger partial charge in [-0.2, -0.15) is 9.78 Å². The van der Waals surface area contributed by atoms with Crippen LogP contribution in [0.15, 0.2) is 47.3 Å². The van der Waals surface area contributed by atoms with Gasteiger partial charge in [0, 0.05) is 6.42 Å². The summed E-state index contributed by atoms with van der Waals surface area (Å²) in [6.45, 7) is 2.37. The van der Waals surface area contributed by atoms with Crippen molar-refractivity contribution >= 4 is 33.3 Å². The molecule has 1 aromatic carbocycles. The molecule has 38 heavy (non-hydrogen) atoms. The van der Waals surface area contributed by atoms with E-state index >= 15 is 0 Å². The second kappa shape index (κ2) is 9.52.